The van der Waals surface area contributed by atoms with E-state index in [1.54, 1.807) is 30.1 Å². The number of aromatic amines is 1. The summed E-state index contributed by atoms with van der Waals surface area (Å²) in [7, 11) is 3.46. The number of hydrogen-bond donors (Lipinski definition) is 1. The highest BCUT2D eigenvalue weighted by Gasteiger charge is 2.17. The number of benzene rings is 1. The predicted octanol–water partition coefficient (Wildman–Crippen LogP) is 2.77. The van der Waals surface area contributed by atoms with Gasteiger partial charge in [-0.2, -0.15) is 5.10 Å². The highest BCUT2D eigenvalue weighted by atomic mass is 16.7. The van der Waals surface area contributed by atoms with Gasteiger partial charge in [0.1, 0.15) is 5.75 Å². The minimum absolute atomic E-state index is 0.124. The lowest BCUT2D eigenvalue weighted by Crippen LogP contribution is -2.06. The van der Waals surface area contributed by atoms with Gasteiger partial charge in [0, 0.05) is 43.1 Å². The zero-order valence-electron chi connectivity index (χ0n) is 14.7. The second-order valence-corrected chi connectivity index (χ2v) is 6.11. The maximum atomic E-state index is 11.9. The second-order valence-electron chi connectivity index (χ2n) is 6.11. The molecule has 7 heteroatoms. The Bertz CT molecular complexity index is 1180. The number of H-pyrrole nitrogens is 1. The van der Waals surface area contributed by atoms with Crippen LogP contribution < -0.4 is 10.3 Å². The zero-order chi connectivity index (χ0) is 18.3. The van der Waals surface area contributed by atoms with E-state index < -0.39 is 0 Å². The molecule has 3 aromatic heterocycles. The van der Waals surface area contributed by atoms with Crippen LogP contribution in [0.15, 0.2) is 41.5 Å². The predicted molar refractivity (Wildman–Crippen MR) is 99.3 cm³/mol. The molecule has 1 N–H and O–H groups in total. The summed E-state index contributed by atoms with van der Waals surface area (Å²) in [5.41, 5.74) is 3.83. The van der Waals surface area contributed by atoms with E-state index in [2.05, 4.69) is 15.1 Å². The van der Waals surface area contributed by atoms with Crippen LogP contribution in [0.4, 0.5) is 0 Å². The lowest BCUT2D eigenvalue weighted by Gasteiger charge is -2.14. The number of aromatic nitrogens is 4. The van der Waals surface area contributed by atoms with Crippen molar-refractivity contribution in [1.29, 1.82) is 0 Å². The lowest BCUT2D eigenvalue weighted by atomic mass is 10.0. The van der Waals surface area contributed by atoms with Gasteiger partial charge in [0.2, 0.25) is 0 Å². The summed E-state index contributed by atoms with van der Waals surface area (Å²) in [5, 5.41) is 6.06. The molecule has 0 saturated carbocycles. The summed E-state index contributed by atoms with van der Waals surface area (Å²) >= 11 is 0. The van der Waals surface area contributed by atoms with Crippen LogP contribution in [-0.4, -0.2) is 33.7 Å². The van der Waals surface area contributed by atoms with Crippen LogP contribution in [0, 0.1) is 6.92 Å². The highest BCUT2D eigenvalue weighted by molar-refractivity contribution is 5.92. The van der Waals surface area contributed by atoms with Gasteiger partial charge in [-0.15, -0.1) is 0 Å². The number of aryl methyl sites for hydroxylation is 2. The maximum absolute atomic E-state index is 11.9. The number of pyridine rings is 2. The first kappa shape index (κ1) is 16.3. The number of ether oxygens (including phenoxy) is 2. The molecular formula is C19H18N4O3. The molecule has 0 aliphatic carbocycles. The van der Waals surface area contributed by atoms with Crippen molar-refractivity contribution < 1.29 is 9.47 Å². The van der Waals surface area contributed by atoms with Crippen LogP contribution in [-0.2, 0) is 11.8 Å². The topological polar surface area (TPSA) is 82.0 Å². The summed E-state index contributed by atoms with van der Waals surface area (Å²) in [4.78, 5) is 19.2. The van der Waals surface area contributed by atoms with E-state index in [9.17, 15) is 4.79 Å². The molecule has 0 aliphatic heterocycles. The average molecular weight is 350 g/mol. The van der Waals surface area contributed by atoms with Crippen molar-refractivity contribution in [3.63, 3.8) is 0 Å². The Morgan fingerprint density at radius 3 is 2.92 bits per heavy atom. The molecule has 0 radical (unpaired) electrons. The van der Waals surface area contributed by atoms with E-state index in [0.717, 1.165) is 27.7 Å². The Balaban J connectivity index is 1.98. The Hall–Kier alpha value is -3.19. The van der Waals surface area contributed by atoms with E-state index in [-0.39, 0.29) is 12.4 Å². The molecule has 0 spiro atoms. The van der Waals surface area contributed by atoms with Crippen molar-refractivity contribution in [3.05, 3.63) is 52.6 Å². The third kappa shape index (κ3) is 2.62. The number of rotatable bonds is 4. The van der Waals surface area contributed by atoms with E-state index in [1.165, 1.54) is 0 Å². The van der Waals surface area contributed by atoms with Crippen molar-refractivity contribution in [3.8, 4) is 17.0 Å². The second kappa shape index (κ2) is 6.27. The monoisotopic (exact) mass is 350 g/mol. The standard InChI is InChI=1S/C19H18N4O3/c1-11-17-12(9-23(2)22-17)8-14(18(11)26-10-25-3)15-5-4-13-16(21-15)6-7-20-19(13)24/h4-9H,10H2,1-3H3,(H,20,24). The van der Waals surface area contributed by atoms with Crippen molar-refractivity contribution in [1.82, 2.24) is 19.7 Å². The fraction of sp³-hybridized carbons (Fsp3) is 0.211. The van der Waals surface area contributed by atoms with Gasteiger partial charge in [0.05, 0.1) is 22.1 Å². The van der Waals surface area contributed by atoms with Crippen LogP contribution in [0.25, 0.3) is 33.1 Å². The van der Waals surface area contributed by atoms with Gasteiger partial charge in [-0.1, -0.05) is 0 Å². The molecule has 3 heterocycles. The molecule has 0 aliphatic rings. The lowest BCUT2D eigenvalue weighted by molar-refractivity contribution is 0.0511. The van der Waals surface area contributed by atoms with E-state index in [1.807, 2.05) is 32.3 Å². The molecule has 7 nitrogen and oxygen atoms in total. The average Bonchev–Trinajstić information content (AvgIpc) is 3.01. The molecular weight excluding hydrogens is 332 g/mol. The van der Waals surface area contributed by atoms with E-state index >= 15 is 0 Å². The first-order valence-electron chi connectivity index (χ1n) is 8.16. The maximum Gasteiger partial charge on any atom is 0.257 e. The third-order valence-electron chi connectivity index (χ3n) is 4.32. The molecule has 4 rings (SSSR count). The minimum atomic E-state index is -0.156. The number of fused-ring (bicyclic) bond motifs is 2. The van der Waals surface area contributed by atoms with Crippen molar-refractivity contribution in [2.75, 3.05) is 13.9 Å². The summed E-state index contributed by atoms with van der Waals surface area (Å²) < 4.78 is 12.7. The SMILES string of the molecule is COCOc1c(-c2ccc3c(=O)[nH]ccc3n2)cc2cn(C)nc2c1C. The number of nitrogens with zero attached hydrogens (tertiary/aromatic N) is 3. The van der Waals surface area contributed by atoms with Crippen molar-refractivity contribution in [2.24, 2.45) is 7.05 Å². The Kier molecular flexibility index (Phi) is 3.93. The quantitative estimate of drug-likeness (QED) is 0.572. The van der Waals surface area contributed by atoms with Gasteiger partial charge in [-0.05, 0) is 31.2 Å². The molecule has 132 valence electrons. The molecule has 1 aromatic carbocycles. The molecule has 26 heavy (non-hydrogen) atoms. The Morgan fingerprint density at radius 1 is 1.27 bits per heavy atom. The van der Waals surface area contributed by atoms with Gasteiger partial charge in [-0.3, -0.25) is 9.48 Å². The van der Waals surface area contributed by atoms with Crippen LogP contribution >= 0.6 is 0 Å². The van der Waals surface area contributed by atoms with Gasteiger partial charge in [0.15, 0.2) is 6.79 Å². The number of nitrogens with one attached hydrogen (secondary N) is 1. The van der Waals surface area contributed by atoms with E-state index in [4.69, 9.17) is 9.47 Å². The molecule has 0 bridgehead atoms. The van der Waals surface area contributed by atoms with Gasteiger partial charge in [0.25, 0.3) is 5.56 Å². The largest absolute Gasteiger partial charge is 0.466 e. The van der Waals surface area contributed by atoms with Crippen LogP contribution in [0.3, 0.4) is 0 Å². The molecule has 0 fully saturated rings. The third-order valence-corrected chi connectivity index (χ3v) is 4.32. The summed E-state index contributed by atoms with van der Waals surface area (Å²) in [6.45, 7) is 2.09. The smallest absolute Gasteiger partial charge is 0.257 e. The normalized spacial score (nSPS) is 11.3. The van der Waals surface area contributed by atoms with Crippen molar-refractivity contribution in [2.45, 2.75) is 6.92 Å². The Morgan fingerprint density at radius 2 is 2.12 bits per heavy atom. The molecule has 0 atom stereocenters. The van der Waals surface area contributed by atoms with Crippen LogP contribution in [0.1, 0.15) is 5.56 Å². The summed E-state index contributed by atoms with van der Waals surface area (Å²) in [5.74, 6) is 0.676. The fourth-order valence-electron chi connectivity index (χ4n) is 3.15. The molecule has 4 aromatic rings. The Labute approximate surface area is 149 Å². The number of methoxy groups -OCH3 is 1. The minimum Gasteiger partial charge on any atom is -0.466 e. The van der Waals surface area contributed by atoms with Crippen LogP contribution in [0.2, 0.25) is 0 Å². The summed E-state index contributed by atoms with van der Waals surface area (Å²) in [6, 6.07) is 7.39. The van der Waals surface area contributed by atoms with Crippen molar-refractivity contribution >= 4 is 21.8 Å². The van der Waals surface area contributed by atoms with E-state index in [0.29, 0.717) is 16.7 Å². The summed E-state index contributed by atoms with van der Waals surface area (Å²) in [6.07, 6.45) is 3.55. The van der Waals surface area contributed by atoms with Gasteiger partial charge in [-0.25, -0.2) is 4.98 Å². The molecule has 0 saturated heterocycles. The van der Waals surface area contributed by atoms with Gasteiger partial charge < -0.3 is 14.5 Å². The van der Waals surface area contributed by atoms with Crippen LogP contribution in [0.5, 0.6) is 5.75 Å². The van der Waals surface area contributed by atoms with Gasteiger partial charge >= 0.3 is 0 Å². The molecule has 0 amide bonds. The molecule has 0 unspecified atom stereocenters. The number of hydrogen-bond acceptors (Lipinski definition) is 5. The fourth-order valence-corrected chi connectivity index (χ4v) is 3.15. The highest BCUT2D eigenvalue weighted by Crippen LogP contribution is 2.37. The first-order valence-corrected chi connectivity index (χ1v) is 8.16. The first-order chi connectivity index (χ1) is 12.6. The zero-order valence-corrected chi connectivity index (χ0v) is 14.7.